The molecule has 0 unspecified atom stereocenters. The highest BCUT2D eigenvalue weighted by molar-refractivity contribution is 5.88. The smallest absolute Gasteiger partial charge is 0.241 e. The number of aryl methyl sites for hydroxylation is 1. The summed E-state index contributed by atoms with van der Waals surface area (Å²) in [6.07, 6.45) is 3.47. The molecule has 3 heterocycles. The summed E-state index contributed by atoms with van der Waals surface area (Å²) in [7, 11) is 1.84. The summed E-state index contributed by atoms with van der Waals surface area (Å²) >= 11 is 0. The van der Waals surface area contributed by atoms with Crippen molar-refractivity contribution in [2.75, 3.05) is 10.7 Å². The highest BCUT2D eigenvalue weighted by atomic mass is 15.3. The number of nitrogens with two attached hydrogens (primary N) is 1. The molecule has 0 amide bonds. The van der Waals surface area contributed by atoms with Crippen LogP contribution in [0.3, 0.4) is 0 Å². The molecule has 0 atom stereocenters. The number of hydrogen-bond acceptors (Lipinski definition) is 7. The summed E-state index contributed by atoms with van der Waals surface area (Å²) in [5, 5.41) is 14.8. The SMILES string of the molecule is Cn1ccc(Nc2nc(NN)nc3[nH]ncc23)n1. The number of hydrazine groups is 1. The summed E-state index contributed by atoms with van der Waals surface area (Å²) in [6.45, 7) is 0. The summed E-state index contributed by atoms with van der Waals surface area (Å²) in [6, 6.07) is 1.84. The molecule has 9 nitrogen and oxygen atoms in total. The van der Waals surface area contributed by atoms with E-state index in [-0.39, 0.29) is 0 Å². The molecule has 18 heavy (non-hydrogen) atoms. The lowest BCUT2D eigenvalue weighted by atomic mass is 10.4. The second-order valence-electron chi connectivity index (χ2n) is 3.67. The Hall–Kier alpha value is -2.68. The Bertz CT molecular complexity index is 682. The van der Waals surface area contributed by atoms with E-state index in [2.05, 4.69) is 36.0 Å². The van der Waals surface area contributed by atoms with Gasteiger partial charge in [0.05, 0.1) is 11.6 Å². The lowest BCUT2D eigenvalue weighted by Gasteiger charge is -2.05. The third-order valence-electron chi connectivity index (χ3n) is 2.40. The maximum atomic E-state index is 5.32. The number of aromatic amines is 1. The Morgan fingerprint density at radius 1 is 1.39 bits per heavy atom. The van der Waals surface area contributed by atoms with E-state index < -0.39 is 0 Å². The van der Waals surface area contributed by atoms with E-state index in [1.54, 1.807) is 10.9 Å². The average Bonchev–Trinajstić information content (AvgIpc) is 2.98. The van der Waals surface area contributed by atoms with E-state index in [1.807, 2.05) is 19.3 Å². The minimum Gasteiger partial charge on any atom is -0.323 e. The minimum absolute atomic E-state index is 0.296. The van der Waals surface area contributed by atoms with E-state index in [4.69, 9.17) is 5.84 Å². The van der Waals surface area contributed by atoms with Crippen LogP contribution in [0.5, 0.6) is 0 Å². The van der Waals surface area contributed by atoms with Crippen molar-refractivity contribution in [1.82, 2.24) is 29.9 Å². The van der Waals surface area contributed by atoms with Crippen molar-refractivity contribution in [2.24, 2.45) is 12.9 Å². The number of fused-ring (bicyclic) bond motifs is 1. The molecule has 3 aromatic rings. The molecular weight excluding hydrogens is 234 g/mol. The Morgan fingerprint density at radius 3 is 3.00 bits per heavy atom. The number of aromatic nitrogens is 6. The van der Waals surface area contributed by atoms with Crippen LogP contribution in [0.25, 0.3) is 11.0 Å². The summed E-state index contributed by atoms with van der Waals surface area (Å²) in [5.74, 6) is 6.88. The van der Waals surface area contributed by atoms with Gasteiger partial charge in [-0.2, -0.15) is 20.2 Å². The van der Waals surface area contributed by atoms with Crippen molar-refractivity contribution in [3.63, 3.8) is 0 Å². The second-order valence-corrected chi connectivity index (χ2v) is 3.67. The summed E-state index contributed by atoms with van der Waals surface area (Å²) in [4.78, 5) is 8.36. The van der Waals surface area contributed by atoms with Gasteiger partial charge >= 0.3 is 0 Å². The molecule has 0 aliphatic rings. The number of nitrogens with one attached hydrogen (secondary N) is 3. The molecule has 3 aromatic heterocycles. The number of hydrogen-bond donors (Lipinski definition) is 4. The summed E-state index contributed by atoms with van der Waals surface area (Å²) in [5.41, 5.74) is 3.00. The van der Waals surface area contributed by atoms with Crippen LogP contribution in [-0.4, -0.2) is 29.9 Å². The molecule has 0 spiro atoms. The van der Waals surface area contributed by atoms with Gasteiger partial charge in [-0.3, -0.25) is 15.2 Å². The zero-order valence-electron chi connectivity index (χ0n) is 9.55. The molecule has 5 N–H and O–H groups in total. The molecule has 0 radical (unpaired) electrons. The van der Waals surface area contributed by atoms with Crippen LogP contribution in [0, 0.1) is 0 Å². The predicted molar refractivity (Wildman–Crippen MR) is 66.0 cm³/mol. The van der Waals surface area contributed by atoms with Crippen LogP contribution in [0.2, 0.25) is 0 Å². The number of nitrogen functional groups attached to an aromatic ring is 1. The van der Waals surface area contributed by atoms with E-state index in [0.29, 0.717) is 23.2 Å². The normalized spacial score (nSPS) is 10.8. The first-order chi connectivity index (χ1) is 8.76. The first kappa shape index (κ1) is 10.5. The number of nitrogens with zero attached hydrogens (tertiary/aromatic N) is 5. The molecule has 0 bridgehead atoms. The third-order valence-corrected chi connectivity index (χ3v) is 2.40. The van der Waals surface area contributed by atoms with Gasteiger partial charge in [0.1, 0.15) is 5.82 Å². The van der Waals surface area contributed by atoms with Crippen molar-refractivity contribution in [3.05, 3.63) is 18.5 Å². The maximum Gasteiger partial charge on any atom is 0.241 e. The van der Waals surface area contributed by atoms with Gasteiger partial charge in [0.15, 0.2) is 11.5 Å². The monoisotopic (exact) mass is 245 g/mol. The van der Waals surface area contributed by atoms with E-state index in [9.17, 15) is 0 Å². The maximum absolute atomic E-state index is 5.32. The molecule has 0 aliphatic carbocycles. The standard InChI is InChI=1S/C9H11N9/c1-18-3-2-6(17-18)12-7-5-4-11-16-8(5)14-9(13-7)15-10/h2-4H,10H2,1H3,(H3,11,12,13,14,15,16,17). The van der Waals surface area contributed by atoms with Crippen LogP contribution in [0.15, 0.2) is 18.5 Å². The zero-order chi connectivity index (χ0) is 12.5. The van der Waals surface area contributed by atoms with Gasteiger partial charge in [0, 0.05) is 19.3 Å². The zero-order valence-corrected chi connectivity index (χ0v) is 9.55. The lowest BCUT2D eigenvalue weighted by molar-refractivity contribution is 0.771. The quantitative estimate of drug-likeness (QED) is 0.381. The first-order valence-electron chi connectivity index (χ1n) is 5.20. The molecule has 3 rings (SSSR count). The van der Waals surface area contributed by atoms with Gasteiger partial charge in [0.25, 0.3) is 0 Å². The first-order valence-corrected chi connectivity index (χ1v) is 5.20. The Morgan fingerprint density at radius 2 is 2.28 bits per heavy atom. The van der Waals surface area contributed by atoms with Crippen molar-refractivity contribution in [1.29, 1.82) is 0 Å². The molecule has 0 aliphatic heterocycles. The summed E-state index contributed by atoms with van der Waals surface area (Å²) < 4.78 is 1.69. The van der Waals surface area contributed by atoms with E-state index in [0.717, 1.165) is 5.39 Å². The van der Waals surface area contributed by atoms with Gasteiger partial charge in [-0.1, -0.05) is 0 Å². The average molecular weight is 245 g/mol. The minimum atomic E-state index is 0.296. The van der Waals surface area contributed by atoms with Crippen LogP contribution in [-0.2, 0) is 7.05 Å². The largest absolute Gasteiger partial charge is 0.323 e. The van der Waals surface area contributed by atoms with Gasteiger partial charge in [-0.05, 0) is 0 Å². The number of H-pyrrole nitrogens is 1. The van der Waals surface area contributed by atoms with Crippen LogP contribution in [0.1, 0.15) is 0 Å². The molecule has 0 fully saturated rings. The third kappa shape index (κ3) is 1.72. The molecule has 0 aromatic carbocycles. The topological polar surface area (TPSA) is 122 Å². The van der Waals surface area contributed by atoms with Gasteiger partial charge in [-0.25, -0.2) is 5.84 Å². The highest BCUT2D eigenvalue weighted by Gasteiger charge is 2.10. The number of anilines is 3. The van der Waals surface area contributed by atoms with Gasteiger partial charge in [0.2, 0.25) is 5.95 Å². The molecule has 0 saturated carbocycles. The van der Waals surface area contributed by atoms with Crippen molar-refractivity contribution < 1.29 is 0 Å². The fourth-order valence-electron chi connectivity index (χ4n) is 1.60. The van der Waals surface area contributed by atoms with Crippen molar-refractivity contribution in [2.45, 2.75) is 0 Å². The van der Waals surface area contributed by atoms with Crippen molar-refractivity contribution >= 4 is 28.6 Å². The van der Waals surface area contributed by atoms with Gasteiger partial charge in [-0.15, -0.1) is 0 Å². The van der Waals surface area contributed by atoms with E-state index >= 15 is 0 Å². The van der Waals surface area contributed by atoms with Gasteiger partial charge < -0.3 is 5.32 Å². The fraction of sp³-hybridized carbons (Fsp3) is 0.111. The second kappa shape index (κ2) is 3.96. The molecule has 92 valence electrons. The number of rotatable bonds is 3. The Balaban J connectivity index is 2.06. The highest BCUT2D eigenvalue weighted by Crippen LogP contribution is 2.22. The Kier molecular flexibility index (Phi) is 2.31. The Labute approximate surface area is 101 Å². The van der Waals surface area contributed by atoms with E-state index in [1.165, 1.54) is 0 Å². The van der Waals surface area contributed by atoms with Crippen molar-refractivity contribution in [3.8, 4) is 0 Å². The predicted octanol–water partition coefficient (Wildman–Crippen LogP) is 0.116. The van der Waals surface area contributed by atoms with Crippen LogP contribution >= 0.6 is 0 Å². The molecule has 0 saturated heterocycles. The molecule has 9 heteroatoms. The molecular formula is C9H11N9. The lowest BCUT2D eigenvalue weighted by Crippen LogP contribution is -2.11. The van der Waals surface area contributed by atoms with Crippen LogP contribution in [0.4, 0.5) is 17.6 Å². The van der Waals surface area contributed by atoms with Crippen LogP contribution < -0.4 is 16.6 Å². The fourth-order valence-corrected chi connectivity index (χ4v) is 1.60.